The van der Waals surface area contributed by atoms with Crippen LogP contribution in [0.15, 0.2) is 11.4 Å². The van der Waals surface area contributed by atoms with Crippen molar-refractivity contribution in [2.75, 3.05) is 19.7 Å². The van der Waals surface area contributed by atoms with Gasteiger partial charge in [-0.05, 0) is 50.6 Å². The van der Waals surface area contributed by atoms with Gasteiger partial charge in [0.15, 0.2) is 5.78 Å². The summed E-state index contributed by atoms with van der Waals surface area (Å²) in [7, 11) is 0. The number of piperidine rings is 1. The number of nitrogens with zero attached hydrogens (tertiary/aromatic N) is 3. The highest BCUT2D eigenvalue weighted by molar-refractivity contribution is 7.10. The van der Waals surface area contributed by atoms with Gasteiger partial charge in [-0.25, -0.2) is 0 Å². The van der Waals surface area contributed by atoms with Gasteiger partial charge in [0.2, 0.25) is 5.91 Å². The van der Waals surface area contributed by atoms with Crippen molar-refractivity contribution in [1.29, 1.82) is 0 Å². The Balaban J connectivity index is 1.45. The Bertz CT molecular complexity index is 890. The number of amides is 1. The molecule has 0 radical (unpaired) electrons. The molecular weight excluding hydrogens is 362 g/mol. The van der Waals surface area contributed by atoms with E-state index in [1.54, 1.807) is 4.68 Å². The van der Waals surface area contributed by atoms with E-state index in [1.165, 1.54) is 17.4 Å². The van der Waals surface area contributed by atoms with E-state index >= 15 is 0 Å². The first-order chi connectivity index (χ1) is 12.9. The zero-order valence-corrected chi connectivity index (χ0v) is 16.9. The van der Waals surface area contributed by atoms with Gasteiger partial charge < -0.3 is 9.64 Å². The Morgan fingerprint density at radius 2 is 2.04 bits per heavy atom. The number of thiophene rings is 1. The number of ether oxygens (including phenoxy) is 1. The molecule has 2 aliphatic rings. The Kier molecular flexibility index (Phi) is 4.68. The molecule has 0 aliphatic carbocycles. The minimum absolute atomic E-state index is 0.00960. The molecule has 4 heterocycles. The second-order valence-electron chi connectivity index (χ2n) is 7.49. The number of likely N-dealkylation sites (tertiary alicyclic amines) is 1. The fraction of sp³-hybridized carbons (Fsp3) is 0.550. The number of aromatic nitrogens is 2. The van der Waals surface area contributed by atoms with Gasteiger partial charge in [0.05, 0.1) is 23.5 Å². The summed E-state index contributed by atoms with van der Waals surface area (Å²) in [4.78, 5) is 27.9. The zero-order chi connectivity index (χ0) is 19.2. The third-order valence-corrected chi connectivity index (χ3v) is 6.87. The molecule has 7 heteroatoms. The first-order valence-electron chi connectivity index (χ1n) is 9.45. The molecule has 1 saturated heterocycles. The Morgan fingerprint density at radius 1 is 1.30 bits per heavy atom. The molecule has 0 aromatic carbocycles. The number of aryl methyl sites for hydroxylation is 1. The van der Waals surface area contributed by atoms with Crippen LogP contribution in [0.1, 0.15) is 52.0 Å². The summed E-state index contributed by atoms with van der Waals surface area (Å²) in [5, 5.41) is 6.54. The van der Waals surface area contributed by atoms with Gasteiger partial charge >= 0.3 is 0 Å². The summed E-state index contributed by atoms with van der Waals surface area (Å²) in [6.45, 7) is 7.52. The summed E-state index contributed by atoms with van der Waals surface area (Å²) >= 11 is 1.81. The summed E-state index contributed by atoms with van der Waals surface area (Å²) in [5.74, 6) is 0.0385. The van der Waals surface area contributed by atoms with Crippen molar-refractivity contribution >= 4 is 23.0 Å². The first kappa shape index (κ1) is 18.4. The van der Waals surface area contributed by atoms with Crippen LogP contribution < -0.4 is 0 Å². The second kappa shape index (κ2) is 6.87. The van der Waals surface area contributed by atoms with E-state index < -0.39 is 0 Å². The summed E-state index contributed by atoms with van der Waals surface area (Å²) in [6.07, 6.45) is 2.66. The molecule has 6 nitrogen and oxygen atoms in total. The van der Waals surface area contributed by atoms with Crippen molar-refractivity contribution in [3.63, 3.8) is 0 Å². The molecule has 2 aromatic heterocycles. The third-order valence-electron chi connectivity index (χ3n) is 5.89. The van der Waals surface area contributed by atoms with Crippen molar-refractivity contribution in [2.24, 2.45) is 0 Å². The Labute approximate surface area is 163 Å². The van der Waals surface area contributed by atoms with E-state index in [9.17, 15) is 9.59 Å². The van der Waals surface area contributed by atoms with Gasteiger partial charge in [-0.1, -0.05) is 0 Å². The summed E-state index contributed by atoms with van der Waals surface area (Å²) in [6, 6.07) is 2.19. The predicted octanol–water partition coefficient (Wildman–Crippen LogP) is 2.85. The van der Waals surface area contributed by atoms with Gasteiger partial charge in [0.1, 0.15) is 6.54 Å². The van der Waals surface area contributed by atoms with Crippen molar-refractivity contribution in [3.8, 4) is 0 Å². The minimum atomic E-state index is -0.218. The molecule has 27 heavy (non-hydrogen) atoms. The molecular formula is C20H25N3O3S. The molecule has 144 valence electrons. The van der Waals surface area contributed by atoms with Gasteiger partial charge in [-0.2, -0.15) is 5.10 Å². The number of fused-ring (bicyclic) bond motifs is 2. The topological polar surface area (TPSA) is 64.4 Å². The standard InChI is InChI=1S/C20H25N3O3S/c1-13-19(15(3)24)14(2)23(21-13)12-18(25)22-8-6-20(7-9-22)16-5-11-27-17(16)4-10-26-20/h5,11H,4,6-10,12H2,1-3H3. The molecule has 4 rings (SSSR count). The van der Waals surface area contributed by atoms with E-state index in [-0.39, 0.29) is 23.8 Å². The van der Waals surface area contributed by atoms with E-state index in [2.05, 4.69) is 16.5 Å². The van der Waals surface area contributed by atoms with Gasteiger partial charge in [-0.3, -0.25) is 14.3 Å². The first-order valence-corrected chi connectivity index (χ1v) is 10.3. The summed E-state index contributed by atoms with van der Waals surface area (Å²) in [5.41, 5.74) is 3.19. The molecule has 0 unspecified atom stereocenters. The van der Waals surface area contributed by atoms with E-state index in [1.807, 2.05) is 30.1 Å². The number of hydrogen-bond donors (Lipinski definition) is 0. The molecule has 2 aliphatic heterocycles. The lowest BCUT2D eigenvalue weighted by molar-refractivity contribution is -0.141. The number of ketones is 1. The lowest BCUT2D eigenvalue weighted by atomic mass is 9.82. The van der Waals surface area contributed by atoms with Gasteiger partial charge in [0, 0.05) is 30.1 Å². The highest BCUT2D eigenvalue weighted by Gasteiger charge is 2.42. The average Bonchev–Trinajstić information content (AvgIpc) is 3.21. The van der Waals surface area contributed by atoms with Crippen molar-refractivity contribution < 1.29 is 14.3 Å². The second-order valence-corrected chi connectivity index (χ2v) is 8.49. The molecule has 2 aromatic rings. The van der Waals surface area contributed by atoms with E-state index in [0.717, 1.165) is 31.6 Å². The SMILES string of the molecule is CC(=O)c1c(C)nn(CC(=O)N2CCC3(CC2)OCCc2sccc23)c1C. The lowest BCUT2D eigenvalue weighted by Crippen LogP contribution is -2.48. The highest BCUT2D eigenvalue weighted by atomic mass is 32.1. The molecule has 0 bridgehead atoms. The third kappa shape index (κ3) is 3.12. The van der Waals surface area contributed by atoms with Crippen LogP contribution in [0, 0.1) is 13.8 Å². The Hall–Kier alpha value is -1.99. The summed E-state index contributed by atoms with van der Waals surface area (Å²) < 4.78 is 7.88. The molecule has 0 atom stereocenters. The molecule has 1 fully saturated rings. The Morgan fingerprint density at radius 3 is 2.70 bits per heavy atom. The fourth-order valence-corrected chi connectivity index (χ4v) is 5.43. The van der Waals surface area contributed by atoms with Crippen molar-refractivity contribution in [3.05, 3.63) is 38.8 Å². The number of hydrogen-bond acceptors (Lipinski definition) is 5. The minimum Gasteiger partial charge on any atom is -0.370 e. The van der Waals surface area contributed by atoms with Crippen LogP contribution >= 0.6 is 11.3 Å². The van der Waals surface area contributed by atoms with Crippen LogP contribution in [0.5, 0.6) is 0 Å². The molecule has 0 saturated carbocycles. The maximum Gasteiger partial charge on any atom is 0.244 e. The highest BCUT2D eigenvalue weighted by Crippen LogP contribution is 2.43. The van der Waals surface area contributed by atoms with Crippen LogP contribution in [-0.4, -0.2) is 46.1 Å². The number of carbonyl (C=O) groups is 2. The molecule has 1 spiro atoms. The smallest absolute Gasteiger partial charge is 0.244 e. The van der Waals surface area contributed by atoms with Crippen molar-refractivity contribution in [2.45, 2.75) is 52.2 Å². The number of Topliss-reactive ketones (excluding diaryl/α,β-unsaturated/α-hetero) is 1. The van der Waals surface area contributed by atoms with Crippen LogP contribution in [0.25, 0.3) is 0 Å². The van der Waals surface area contributed by atoms with Crippen LogP contribution in [0.2, 0.25) is 0 Å². The normalized spacial score (nSPS) is 18.6. The maximum absolute atomic E-state index is 12.8. The van der Waals surface area contributed by atoms with Crippen LogP contribution in [-0.2, 0) is 28.1 Å². The number of rotatable bonds is 3. The zero-order valence-electron chi connectivity index (χ0n) is 16.1. The van der Waals surface area contributed by atoms with Gasteiger partial charge in [0.25, 0.3) is 0 Å². The molecule has 0 N–H and O–H groups in total. The van der Waals surface area contributed by atoms with Crippen LogP contribution in [0.4, 0.5) is 0 Å². The monoisotopic (exact) mass is 387 g/mol. The largest absolute Gasteiger partial charge is 0.370 e. The molecule has 1 amide bonds. The maximum atomic E-state index is 12.8. The van der Waals surface area contributed by atoms with Crippen molar-refractivity contribution in [1.82, 2.24) is 14.7 Å². The fourth-order valence-electron chi connectivity index (χ4n) is 4.48. The van der Waals surface area contributed by atoms with Gasteiger partial charge in [-0.15, -0.1) is 11.3 Å². The average molecular weight is 388 g/mol. The lowest BCUT2D eigenvalue weighted by Gasteiger charge is -2.44. The van der Waals surface area contributed by atoms with Crippen LogP contribution in [0.3, 0.4) is 0 Å². The quantitative estimate of drug-likeness (QED) is 0.760. The number of carbonyl (C=O) groups excluding carboxylic acids is 2. The van der Waals surface area contributed by atoms with E-state index in [0.29, 0.717) is 24.3 Å². The van der Waals surface area contributed by atoms with E-state index in [4.69, 9.17) is 4.74 Å². The predicted molar refractivity (Wildman–Crippen MR) is 103 cm³/mol.